The number of thiazole rings is 1. The van der Waals surface area contributed by atoms with Crippen molar-refractivity contribution in [3.05, 3.63) is 50.9 Å². The van der Waals surface area contributed by atoms with Gasteiger partial charge in [0.2, 0.25) is 0 Å². The maximum atomic E-state index is 12.2. The highest BCUT2D eigenvalue weighted by atomic mass is 35.5. The normalized spacial score (nSPS) is 14.8. The van der Waals surface area contributed by atoms with Crippen molar-refractivity contribution in [2.75, 3.05) is 26.2 Å². The molecule has 1 aromatic carbocycles. The average molecular weight is 466 g/mol. The smallest absolute Gasteiger partial charge is 0.270 e. The van der Waals surface area contributed by atoms with Crippen LogP contribution in [0.4, 0.5) is 0 Å². The Hall–Kier alpha value is -0.890. The molecule has 1 aromatic heterocycles. The maximum absolute atomic E-state index is 12.2. The summed E-state index contributed by atoms with van der Waals surface area (Å²) in [5, 5.41) is 6.60. The number of halogens is 3. The van der Waals surface area contributed by atoms with E-state index in [4.69, 9.17) is 17.3 Å². The van der Waals surface area contributed by atoms with E-state index in [0.717, 1.165) is 48.9 Å². The van der Waals surface area contributed by atoms with Crippen LogP contribution in [0.25, 0.3) is 0 Å². The van der Waals surface area contributed by atoms with E-state index >= 15 is 0 Å². The van der Waals surface area contributed by atoms with Gasteiger partial charge < -0.3 is 11.1 Å². The summed E-state index contributed by atoms with van der Waals surface area (Å²) in [6.45, 7) is 4.22. The van der Waals surface area contributed by atoms with Crippen molar-refractivity contribution in [2.24, 2.45) is 11.7 Å². The number of piperidine rings is 1. The topological polar surface area (TPSA) is 71.2 Å². The molecule has 1 aliphatic heterocycles. The van der Waals surface area contributed by atoms with Gasteiger partial charge in [-0.2, -0.15) is 0 Å². The molecule has 0 bridgehead atoms. The van der Waals surface area contributed by atoms with Gasteiger partial charge in [-0.05, 0) is 50.0 Å². The highest BCUT2D eigenvalue weighted by Crippen LogP contribution is 2.22. The molecule has 3 N–H and O–H groups in total. The van der Waals surface area contributed by atoms with Gasteiger partial charge in [-0.3, -0.25) is 9.69 Å². The Balaban J connectivity index is 0.00000196. The lowest BCUT2D eigenvalue weighted by Gasteiger charge is -2.32. The lowest BCUT2D eigenvalue weighted by Crippen LogP contribution is -2.38. The first kappa shape index (κ1) is 25.1. The molecule has 2 aromatic rings. The molecule has 2 heterocycles. The van der Waals surface area contributed by atoms with Crippen molar-refractivity contribution in [1.29, 1.82) is 0 Å². The second-order valence-electron chi connectivity index (χ2n) is 6.69. The monoisotopic (exact) mass is 464 g/mol. The number of nitrogens with two attached hydrogens (primary N) is 1. The first-order valence-electron chi connectivity index (χ1n) is 9.04. The Kier molecular flexibility index (Phi) is 11.3. The summed E-state index contributed by atoms with van der Waals surface area (Å²) in [7, 11) is 0. The predicted molar refractivity (Wildman–Crippen MR) is 121 cm³/mol. The molecular formula is C19H27Cl3N4OS. The molecule has 1 amide bonds. The van der Waals surface area contributed by atoms with Crippen molar-refractivity contribution in [1.82, 2.24) is 15.2 Å². The van der Waals surface area contributed by atoms with E-state index in [1.54, 1.807) is 0 Å². The van der Waals surface area contributed by atoms with E-state index in [0.29, 0.717) is 24.7 Å². The van der Waals surface area contributed by atoms with Gasteiger partial charge in [-0.25, -0.2) is 4.98 Å². The van der Waals surface area contributed by atoms with E-state index in [1.807, 2.05) is 23.6 Å². The highest BCUT2D eigenvalue weighted by Gasteiger charge is 2.21. The molecule has 0 spiro atoms. The number of nitrogens with zero attached hydrogens (tertiary/aromatic N) is 2. The van der Waals surface area contributed by atoms with Gasteiger partial charge in [0.1, 0.15) is 5.69 Å². The van der Waals surface area contributed by atoms with E-state index in [9.17, 15) is 4.79 Å². The zero-order chi connectivity index (χ0) is 18.4. The fourth-order valence-electron chi connectivity index (χ4n) is 3.20. The van der Waals surface area contributed by atoms with E-state index in [2.05, 4.69) is 21.3 Å². The van der Waals surface area contributed by atoms with Crippen LogP contribution >= 0.6 is 47.8 Å². The Morgan fingerprint density at radius 2 is 2.00 bits per heavy atom. The van der Waals surface area contributed by atoms with Gasteiger partial charge in [0.25, 0.3) is 5.91 Å². The fourth-order valence-corrected chi connectivity index (χ4v) is 4.19. The van der Waals surface area contributed by atoms with Crippen LogP contribution in [0.3, 0.4) is 0 Å². The zero-order valence-electron chi connectivity index (χ0n) is 15.6. The summed E-state index contributed by atoms with van der Waals surface area (Å²) in [6.07, 6.45) is 2.89. The molecule has 1 aliphatic rings. The molecule has 156 valence electrons. The first-order valence-corrected chi connectivity index (χ1v) is 10.3. The Labute approximate surface area is 187 Å². The van der Waals surface area contributed by atoms with Crippen LogP contribution in [0.1, 0.15) is 33.9 Å². The van der Waals surface area contributed by atoms with Crippen molar-refractivity contribution >= 4 is 53.7 Å². The number of amides is 1. The second kappa shape index (κ2) is 12.6. The van der Waals surface area contributed by atoms with Crippen LogP contribution in [-0.4, -0.2) is 42.0 Å². The summed E-state index contributed by atoms with van der Waals surface area (Å²) in [5.74, 6) is 0.437. The van der Waals surface area contributed by atoms with Crippen LogP contribution in [-0.2, 0) is 13.0 Å². The van der Waals surface area contributed by atoms with Crippen molar-refractivity contribution in [2.45, 2.75) is 25.8 Å². The van der Waals surface area contributed by atoms with Crippen LogP contribution in [0.2, 0.25) is 5.02 Å². The number of rotatable bonds is 7. The molecule has 0 unspecified atom stereocenters. The third-order valence-corrected chi connectivity index (χ3v) is 6.03. The minimum Gasteiger partial charge on any atom is -0.350 e. The van der Waals surface area contributed by atoms with Gasteiger partial charge in [0.15, 0.2) is 0 Å². The summed E-state index contributed by atoms with van der Waals surface area (Å²) in [4.78, 5) is 19.0. The van der Waals surface area contributed by atoms with E-state index < -0.39 is 0 Å². The standard InChI is InChI=1S/C19H25ClN4OS.2ClH/c20-16-4-2-1-3-15(16)12-24-9-6-14(7-10-24)11-22-19(25)17-13-26-18(23-17)5-8-21;;/h1-4,13-14H,5-12,21H2,(H,22,25);2*1H. The molecule has 1 saturated heterocycles. The number of aromatic nitrogens is 1. The van der Waals surface area contributed by atoms with Crippen LogP contribution < -0.4 is 11.1 Å². The molecule has 0 atom stereocenters. The molecule has 0 aliphatic carbocycles. The second-order valence-corrected chi connectivity index (χ2v) is 8.04. The minimum atomic E-state index is -0.0805. The number of nitrogens with one attached hydrogen (secondary N) is 1. The van der Waals surface area contributed by atoms with Crippen LogP contribution in [0, 0.1) is 5.92 Å². The average Bonchev–Trinajstić information content (AvgIpc) is 3.12. The predicted octanol–water partition coefficient (Wildman–Crippen LogP) is 3.78. The molecule has 0 saturated carbocycles. The van der Waals surface area contributed by atoms with Crippen molar-refractivity contribution in [3.8, 4) is 0 Å². The minimum absolute atomic E-state index is 0. The quantitative estimate of drug-likeness (QED) is 0.653. The third-order valence-electron chi connectivity index (χ3n) is 4.75. The number of carbonyl (C=O) groups excluding carboxylic acids is 1. The molecule has 3 rings (SSSR count). The van der Waals surface area contributed by atoms with Crippen molar-refractivity contribution in [3.63, 3.8) is 0 Å². The molecular weight excluding hydrogens is 439 g/mol. The number of hydrogen-bond acceptors (Lipinski definition) is 5. The molecule has 28 heavy (non-hydrogen) atoms. The van der Waals surface area contributed by atoms with Crippen molar-refractivity contribution < 1.29 is 4.79 Å². The fraction of sp³-hybridized carbons (Fsp3) is 0.474. The lowest BCUT2D eigenvalue weighted by atomic mass is 9.96. The Bertz CT molecular complexity index is 735. The van der Waals surface area contributed by atoms with Gasteiger partial charge in [-0.15, -0.1) is 36.2 Å². The third kappa shape index (κ3) is 7.17. The maximum Gasteiger partial charge on any atom is 0.270 e. The summed E-state index contributed by atoms with van der Waals surface area (Å²) >= 11 is 7.75. The Morgan fingerprint density at radius 3 is 2.68 bits per heavy atom. The molecule has 5 nitrogen and oxygen atoms in total. The Morgan fingerprint density at radius 1 is 1.29 bits per heavy atom. The van der Waals surface area contributed by atoms with Gasteiger partial charge >= 0.3 is 0 Å². The van der Waals surface area contributed by atoms with Gasteiger partial charge in [-0.1, -0.05) is 29.8 Å². The van der Waals surface area contributed by atoms with Gasteiger partial charge in [0.05, 0.1) is 5.01 Å². The van der Waals surface area contributed by atoms with Gasteiger partial charge in [0, 0.05) is 29.9 Å². The van der Waals surface area contributed by atoms with Crippen LogP contribution in [0.15, 0.2) is 29.6 Å². The number of hydrogen-bond donors (Lipinski definition) is 2. The SMILES string of the molecule is Cl.Cl.NCCc1nc(C(=O)NCC2CCN(Cc3ccccc3Cl)CC2)cs1. The highest BCUT2D eigenvalue weighted by molar-refractivity contribution is 7.09. The first-order chi connectivity index (χ1) is 12.7. The zero-order valence-corrected chi connectivity index (χ0v) is 18.8. The number of likely N-dealkylation sites (tertiary alicyclic amines) is 1. The largest absolute Gasteiger partial charge is 0.350 e. The molecule has 9 heteroatoms. The molecule has 0 radical (unpaired) electrons. The summed E-state index contributed by atoms with van der Waals surface area (Å²) < 4.78 is 0. The van der Waals surface area contributed by atoms with E-state index in [-0.39, 0.29) is 30.7 Å². The number of carbonyl (C=O) groups is 1. The number of benzene rings is 1. The molecule has 1 fully saturated rings. The lowest BCUT2D eigenvalue weighted by molar-refractivity contribution is 0.0930. The summed E-state index contributed by atoms with van der Waals surface area (Å²) in [6, 6.07) is 8.01. The van der Waals surface area contributed by atoms with Crippen LogP contribution in [0.5, 0.6) is 0 Å². The van der Waals surface area contributed by atoms with E-state index in [1.165, 1.54) is 16.9 Å². The summed E-state index contributed by atoms with van der Waals surface area (Å²) in [5.41, 5.74) is 7.21.